The van der Waals surface area contributed by atoms with E-state index in [0.29, 0.717) is 86.2 Å². The molecule has 8 aliphatic carbocycles. The summed E-state index contributed by atoms with van der Waals surface area (Å²) in [6.07, 6.45) is 13.4. The molecule has 0 aromatic heterocycles. The first kappa shape index (κ1) is 56.9. The van der Waals surface area contributed by atoms with Crippen LogP contribution in [0.25, 0.3) is 0 Å². The second kappa shape index (κ2) is 19.3. The summed E-state index contributed by atoms with van der Waals surface area (Å²) >= 11 is 7.38. The van der Waals surface area contributed by atoms with Gasteiger partial charge in [-0.2, -0.15) is 0 Å². The Kier molecular flexibility index (Phi) is 12.3. The van der Waals surface area contributed by atoms with Gasteiger partial charge in [0, 0.05) is 68.2 Å². The molecule has 4 aromatic carbocycles. The van der Waals surface area contributed by atoms with Crippen molar-refractivity contribution in [1.82, 2.24) is 21.3 Å². The zero-order valence-electron chi connectivity index (χ0n) is 49.7. The lowest BCUT2D eigenvalue weighted by atomic mass is 9.49. The molecule has 466 valence electrons. The summed E-state index contributed by atoms with van der Waals surface area (Å²) < 4.78 is 48.8. The van der Waals surface area contributed by atoms with Gasteiger partial charge in [-0.1, -0.05) is 50.1 Å². The SMILES string of the molecule is COC1=CC=C2C3Cc4c(Br)cc(OC)c5c4C2(CCN3)C1O5.COc1cc(Br)c2c3c1OC1C(=O)C=CC4(O)C(C2)NCCC314.COc1ccc2c3c1OC1C(=O)CCC4(O)C(C2)NCCC314.O=C1CCC2(O)C3Cc4ccc(O)c5c4C2(CCN3)C1O5. The molecule has 8 bridgehead atoms. The number of hydrogen-bond acceptors (Lipinski definition) is 19. The Morgan fingerprint density at radius 1 is 0.528 bits per heavy atom. The minimum atomic E-state index is -1.12. The highest BCUT2D eigenvalue weighted by atomic mass is 79.9. The molecule has 15 atom stereocenters. The number of rotatable bonds is 4. The van der Waals surface area contributed by atoms with Crippen molar-refractivity contribution in [2.75, 3.05) is 54.6 Å². The van der Waals surface area contributed by atoms with Crippen LogP contribution < -0.4 is 54.4 Å². The number of aliphatic hydroxyl groups is 3. The number of aromatic hydroxyl groups is 1. The van der Waals surface area contributed by atoms with E-state index in [1.807, 2.05) is 24.3 Å². The maximum absolute atomic E-state index is 12.6. The third-order valence-electron chi connectivity index (χ3n) is 24.1. The molecule has 8 N–H and O–H groups in total. The molecule has 4 spiro atoms. The number of nitrogens with one attached hydrogen (secondary N) is 4. The molecule has 89 heavy (non-hydrogen) atoms. The van der Waals surface area contributed by atoms with Crippen molar-refractivity contribution in [1.29, 1.82) is 0 Å². The summed E-state index contributed by atoms with van der Waals surface area (Å²) in [7, 11) is 6.63. The normalized spacial score (nSPS) is 38.6. The second-order valence-electron chi connectivity index (χ2n) is 27.0. The highest BCUT2D eigenvalue weighted by molar-refractivity contribution is 9.10. The minimum Gasteiger partial charge on any atom is -0.504 e. The molecule has 0 radical (unpaired) electrons. The van der Waals surface area contributed by atoms with Crippen LogP contribution >= 0.6 is 31.9 Å². The van der Waals surface area contributed by atoms with Crippen LogP contribution in [0.1, 0.15) is 95.9 Å². The summed E-state index contributed by atoms with van der Waals surface area (Å²) in [6, 6.07) is 11.6. The van der Waals surface area contributed by atoms with Crippen LogP contribution in [0.4, 0.5) is 0 Å². The molecule has 19 nitrogen and oxygen atoms in total. The smallest absolute Gasteiger partial charge is 0.196 e. The second-order valence-corrected chi connectivity index (χ2v) is 28.7. The van der Waals surface area contributed by atoms with Crippen LogP contribution in [0.2, 0.25) is 0 Å². The third kappa shape index (κ3) is 6.79. The largest absolute Gasteiger partial charge is 0.504 e. The number of halogens is 2. The molecular formula is C68H70Br2N4O15. The number of carbonyl (C=O) groups excluding carboxylic acids is 3. The van der Waals surface area contributed by atoms with Crippen molar-refractivity contribution in [2.24, 2.45) is 0 Å². The minimum absolute atomic E-state index is 0.00713. The molecule has 0 amide bonds. The van der Waals surface area contributed by atoms with Crippen molar-refractivity contribution in [2.45, 2.75) is 164 Å². The highest BCUT2D eigenvalue weighted by Gasteiger charge is 2.75. The number of Topliss-reactive ketones (excluding diaryl/α,β-unsaturated/α-hetero) is 2. The van der Waals surface area contributed by atoms with Gasteiger partial charge < -0.3 is 79.6 Å². The Morgan fingerprint density at radius 3 is 1.69 bits per heavy atom. The average molecular weight is 1340 g/mol. The Balaban J connectivity index is 0.0000000918. The van der Waals surface area contributed by atoms with Gasteiger partial charge in [0.1, 0.15) is 11.4 Å². The zero-order chi connectivity index (χ0) is 61.3. The number of phenolic OH excluding ortho intramolecular Hbond substituents is 1. The molecule has 4 aromatic rings. The van der Waals surface area contributed by atoms with E-state index in [0.717, 1.165) is 106 Å². The number of allylic oxidation sites excluding steroid dienone is 2. The maximum Gasteiger partial charge on any atom is 0.196 e. The monoisotopic (exact) mass is 1340 g/mol. The summed E-state index contributed by atoms with van der Waals surface area (Å²) in [5.74, 6) is 5.72. The predicted octanol–water partition coefficient (Wildman–Crippen LogP) is 5.20. The average Bonchev–Trinajstić information content (AvgIpc) is 1.64. The molecule has 4 saturated heterocycles. The number of ether oxygens (including phenoxy) is 8. The van der Waals surface area contributed by atoms with E-state index in [2.05, 4.69) is 71.3 Å². The molecule has 6 fully saturated rings. The van der Waals surface area contributed by atoms with Crippen LogP contribution in [-0.4, -0.2) is 158 Å². The first-order valence-corrected chi connectivity index (χ1v) is 32.9. The van der Waals surface area contributed by atoms with Crippen LogP contribution in [0.5, 0.6) is 46.0 Å². The number of benzene rings is 4. The lowest BCUT2D eigenvalue weighted by Crippen LogP contribution is -2.76. The van der Waals surface area contributed by atoms with E-state index in [1.54, 1.807) is 40.6 Å². The molecule has 21 heteroatoms. The van der Waals surface area contributed by atoms with Gasteiger partial charge in [-0.3, -0.25) is 14.4 Å². The molecule has 8 heterocycles. The Labute approximate surface area is 530 Å². The number of phenols is 1. The van der Waals surface area contributed by atoms with Crippen LogP contribution in [0.15, 0.2) is 81.0 Å². The molecule has 15 unspecified atom stereocenters. The first-order valence-electron chi connectivity index (χ1n) is 31.3. The predicted molar refractivity (Wildman–Crippen MR) is 328 cm³/mol. The summed E-state index contributed by atoms with van der Waals surface area (Å²) in [6.45, 7) is 3.30. The number of carbonyl (C=O) groups is 3. The van der Waals surface area contributed by atoms with Gasteiger partial charge in [0.05, 0.1) is 61.3 Å². The number of hydrogen-bond donors (Lipinski definition) is 8. The standard InChI is InChI=1S/C18H18BrNO3.C17H16BrNO4.C17H19NO4.C16H17NO4/c1-21-13-4-3-10-12-7-9-11(19)8-14(22-2)16-15(9)18(10,5-6-20-12)17(13)23-16;1-22-11-7-9(18)8-6-12-17(21)3-2-10(20)15-16(17,4-5-19-12)13(8)14(11)23-15;1-21-11-3-2-9-8-12-17(20)5-4-10(19)15-16(17,6-7-18-12)13(9)14(11)22-15;18-9-2-1-8-7-11-16(20)4-3-10(19)14-15(16,5-6-17-11)12(8)13(9)21-14/h3-4,8,12,17,20H,5-7H2,1-2H3;2-3,7,12,15,19,21H,4-6H2,1H3;2-3,12,15,18,20H,4-8H2,1H3;1-2,11,14,17-18,20H,3-7H2. The molecule has 8 aliphatic heterocycles. The molecule has 16 aliphatic rings. The molecular weight excluding hydrogens is 1270 g/mol. The summed E-state index contributed by atoms with van der Waals surface area (Å²) in [4.78, 5) is 37.6. The van der Waals surface area contributed by atoms with Crippen LogP contribution in [-0.2, 0) is 66.5 Å². The number of methoxy groups -OCH3 is 4. The zero-order valence-corrected chi connectivity index (χ0v) is 52.9. The fraction of sp³-hybridized carbons (Fsp3) is 0.515. The van der Waals surface area contributed by atoms with E-state index in [9.17, 15) is 34.8 Å². The Hall–Kier alpha value is -6.01. The van der Waals surface area contributed by atoms with E-state index < -0.39 is 51.4 Å². The van der Waals surface area contributed by atoms with Gasteiger partial charge >= 0.3 is 0 Å². The van der Waals surface area contributed by atoms with Gasteiger partial charge in [0.25, 0.3) is 0 Å². The highest BCUT2D eigenvalue weighted by Crippen LogP contribution is 2.68. The van der Waals surface area contributed by atoms with E-state index in [1.165, 1.54) is 28.3 Å². The summed E-state index contributed by atoms with van der Waals surface area (Å²) in [5.41, 5.74) is 5.21. The fourth-order valence-corrected chi connectivity index (χ4v) is 21.6. The van der Waals surface area contributed by atoms with Crippen molar-refractivity contribution < 1.29 is 72.7 Å². The quantitative estimate of drug-likeness (QED) is 0.131. The van der Waals surface area contributed by atoms with Crippen molar-refractivity contribution >= 4 is 49.2 Å². The topological polar surface area (TPSA) is 254 Å². The number of ketones is 3. The van der Waals surface area contributed by atoms with Crippen LogP contribution in [0.3, 0.4) is 0 Å². The van der Waals surface area contributed by atoms with Crippen molar-refractivity contribution in [3.05, 3.63) is 125 Å². The van der Waals surface area contributed by atoms with Gasteiger partial charge in [-0.15, -0.1) is 0 Å². The van der Waals surface area contributed by atoms with E-state index >= 15 is 0 Å². The van der Waals surface area contributed by atoms with Crippen LogP contribution in [0, 0.1) is 0 Å². The maximum atomic E-state index is 12.6. The van der Waals surface area contributed by atoms with E-state index in [-0.39, 0.29) is 52.7 Å². The molecule has 20 rings (SSSR count). The van der Waals surface area contributed by atoms with Crippen molar-refractivity contribution in [3.63, 3.8) is 0 Å². The summed E-state index contributed by atoms with van der Waals surface area (Å²) in [5, 5.41) is 58.7. The lowest BCUT2D eigenvalue weighted by molar-refractivity contribution is -0.166. The lowest BCUT2D eigenvalue weighted by Gasteiger charge is -2.59. The fourth-order valence-electron chi connectivity index (χ4n) is 20.5. The van der Waals surface area contributed by atoms with Gasteiger partial charge in [-0.25, -0.2) is 0 Å². The van der Waals surface area contributed by atoms with Gasteiger partial charge in [-0.05, 0) is 161 Å². The number of piperidine rings is 4. The van der Waals surface area contributed by atoms with E-state index in [4.69, 9.17) is 37.9 Å². The molecule has 2 saturated carbocycles. The Bertz CT molecular complexity index is 3970. The van der Waals surface area contributed by atoms with Crippen molar-refractivity contribution in [3.8, 4) is 46.0 Å². The first-order chi connectivity index (χ1) is 42.9. The van der Waals surface area contributed by atoms with Gasteiger partial charge in [0.15, 0.2) is 87.8 Å². The third-order valence-corrected chi connectivity index (χ3v) is 25.5. The Morgan fingerprint density at radius 2 is 1.06 bits per heavy atom. The van der Waals surface area contributed by atoms with Gasteiger partial charge in [0.2, 0.25) is 0 Å².